The third-order valence-electron chi connectivity index (χ3n) is 2.29. The Morgan fingerprint density at radius 2 is 2.23 bits per heavy atom. The highest BCUT2D eigenvalue weighted by molar-refractivity contribution is 7.92. The zero-order valence-corrected chi connectivity index (χ0v) is 8.38. The van der Waals surface area contributed by atoms with Gasteiger partial charge in [0, 0.05) is 26.6 Å². The van der Waals surface area contributed by atoms with Gasteiger partial charge in [0.05, 0.1) is 11.0 Å². The monoisotopic (exact) mass is 206 g/mol. The minimum absolute atomic E-state index is 0.0362. The van der Waals surface area contributed by atoms with Crippen LogP contribution in [0.4, 0.5) is 0 Å². The average molecular weight is 206 g/mol. The Kier molecular flexibility index (Phi) is 2.92. The Labute approximate surface area is 77.8 Å². The number of nitrogens with zero attached hydrogens (tertiary/aromatic N) is 1. The molecule has 1 unspecified atom stereocenters. The van der Waals surface area contributed by atoms with E-state index in [1.165, 1.54) is 11.8 Å². The van der Waals surface area contributed by atoms with Crippen molar-refractivity contribution in [2.45, 2.75) is 12.2 Å². The molecule has 0 aliphatic carbocycles. The maximum absolute atomic E-state index is 11.4. The van der Waals surface area contributed by atoms with Crippen molar-refractivity contribution in [3.05, 3.63) is 0 Å². The lowest BCUT2D eigenvalue weighted by molar-refractivity contribution is -0.128. The van der Waals surface area contributed by atoms with Crippen molar-refractivity contribution in [2.75, 3.05) is 25.4 Å². The van der Waals surface area contributed by atoms with Gasteiger partial charge in [0.2, 0.25) is 5.91 Å². The van der Waals surface area contributed by atoms with Gasteiger partial charge in [0.25, 0.3) is 0 Å². The minimum atomic E-state index is -3.06. The highest BCUT2D eigenvalue weighted by Crippen LogP contribution is 2.11. The van der Waals surface area contributed by atoms with Crippen LogP contribution >= 0.6 is 0 Å². The summed E-state index contributed by atoms with van der Waals surface area (Å²) in [5.41, 5.74) is 5.32. The summed E-state index contributed by atoms with van der Waals surface area (Å²) in [6.45, 7) is 2.07. The van der Waals surface area contributed by atoms with E-state index in [-0.39, 0.29) is 24.7 Å². The summed E-state index contributed by atoms with van der Waals surface area (Å²) < 4.78 is 22.7. The fourth-order valence-electron chi connectivity index (χ4n) is 1.36. The first-order valence-corrected chi connectivity index (χ1v) is 5.86. The normalized spacial score (nSPS) is 27.2. The maximum atomic E-state index is 11.4. The molecule has 1 heterocycles. The van der Waals surface area contributed by atoms with E-state index in [1.54, 1.807) is 0 Å². The SMILES string of the molecule is CC(=O)N1CCS(=O)(=O)C(CN)C1. The second-order valence-corrected chi connectivity index (χ2v) is 5.59. The molecule has 1 aliphatic heterocycles. The van der Waals surface area contributed by atoms with Gasteiger partial charge < -0.3 is 10.6 Å². The second-order valence-electron chi connectivity index (χ2n) is 3.19. The molecule has 6 heteroatoms. The fraction of sp³-hybridized carbons (Fsp3) is 0.857. The van der Waals surface area contributed by atoms with Crippen LogP contribution in [-0.2, 0) is 14.6 Å². The van der Waals surface area contributed by atoms with E-state index < -0.39 is 15.1 Å². The number of hydrogen-bond donors (Lipinski definition) is 1. The van der Waals surface area contributed by atoms with Crippen molar-refractivity contribution in [1.29, 1.82) is 0 Å². The van der Waals surface area contributed by atoms with Crippen molar-refractivity contribution in [1.82, 2.24) is 4.90 Å². The van der Waals surface area contributed by atoms with Gasteiger partial charge >= 0.3 is 0 Å². The first kappa shape index (κ1) is 10.5. The van der Waals surface area contributed by atoms with Crippen molar-refractivity contribution in [3.63, 3.8) is 0 Å². The average Bonchev–Trinajstić information content (AvgIpc) is 2.03. The molecule has 0 aromatic heterocycles. The Balaban J connectivity index is 2.75. The summed E-state index contributed by atoms with van der Waals surface area (Å²) >= 11 is 0. The molecule has 0 bridgehead atoms. The van der Waals surface area contributed by atoms with Gasteiger partial charge in [0.1, 0.15) is 0 Å². The quantitative estimate of drug-likeness (QED) is 0.571. The van der Waals surface area contributed by atoms with E-state index in [2.05, 4.69) is 0 Å². The predicted octanol–water partition coefficient (Wildman–Crippen LogP) is -1.41. The molecule has 1 amide bonds. The highest BCUT2D eigenvalue weighted by Gasteiger charge is 2.32. The summed E-state index contributed by atoms with van der Waals surface area (Å²) in [4.78, 5) is 12.5. The molecule has 2 N–H and O–H groups in total. The molecule has 1 rings (SSSR count). The number of carbonyl (C=O) groups is 1. The van der Waals surface area contributed by atoms with Crippen LogP contribution in [0.2, 0.25) is 0 Å². The molecule has 1 atom stereocenters. The first-order chi connectivity index (χ1) is 5.97. The molecule has 0 saturated carbocycles. The zero-order valence-electron chi connectivity index (χ0n) is 7.56. The fourth-order valence-corrected chi connectivity index (χ4v) is 2.87. The molecule has 13 heavy (non-hydrogen) atoms. The minimum Gasteiger partial charge on any atom is -0.341 e. The van der Waals surface area contributed by atoms with Gasteiger partial charge in [-0.15, -0.1) is 0 Å². The van der Waals surface area contributed by atoms with Crippen LogP contribution in [0, 0.1) is 0 Å². The lowest BCUT2D eigenvalue weighted by atomic mass is 10.3. The van der Waals surface area contributed by atoms with Crippen LogP contribution in [0.1, 0.15) is 6.92 Å². The second kappa shape index (κ2) is 3.63. The van der Waals surface area contributed by atoms with Crippen LogP contribution in [0.15, 0.2) is 0 Å². The summed E-state index contributed by atoms with van der Waals surface area (Å²) in [7, 11) is -3.06. The molecular formula is C7H14N2O3S. The summed E-state index contributed by atoms with van der Waals surface area (Å²) in [6, 6.07) is 0. The molecule has 0 spiro atoms. The summed E-state index contributed by atoms with van der Waals surface area (Å²) in [5.74, 6) is -0.0533. The number of carbonyl (C=O) groups excluding carboxylic acids is 1. The molecule has 1 fully saturated rings. The molecule has 1 aliphatic rings. The summed E-state index contributed by atoms with van der Waals surface area (Å²) in [6.07, 6.45) is 0. The lowest BCUT2D eigenvalue weighted by Crippen LogP contribution is -2.51. The Morgan fingerprint density at radius 3 is 2.69 bits per heavy atom. The molecule has 1 saturated heterocycles. The number of amides is 1. The number of sulfone groups is 1. The molecule has 0 aromatic carbocycles. The molecule has 76 valence electrons. The van der Waals surface area contributed by atoms with Crippen molar-refractivity contribution >= 4 is 15.7 Å². The highest BCUT2D eigenvalue weighted by atomic mass is 32.2. The van der Waals surface area contributed by atoms with Crippen molar-refractivity contribution < 1.29 is 13.2 Å². The smallest absolute Gasteiger partial charge is 0.219 e. The standard InChI is InChI=1S/C7H14N2O3S/c1-6(10)9-2-3-13(11,12)7(4-8)5-9/h7H,2-5,8H2,1H3. The molecule has 5 nitrogen and oxygen atoms in total. The number of hydrogen-bond acceptors (Lipinski definition) is 4. The number of rotatable bonds is 1. The van der Waals surface area contributed by atoms with Gasteiger partial charge in [-0.25, -0.2) is 8.42 Å². The Hall–Kier alpha value is -0.620. The third-order valence-corrected chi connectivity index (χ3v) is 4.39. The van der Waals surface area contributed by atoms with Crippen LogP contribution in [0.5, 0.6) is 0 Å². The van der Waals surface area contributed by atoms with E-state index in [0.29, 0.717) is 6.54 Å². The first-order valence-electron chi connectivity index (χ1n) is 4.14. The van der Waals surface area contributed by atoms with Gasteiger partial charge in [-0.3, -0.25) is 4.79 Å². The van der Waals surface area contributed by atoms with E-state index in [1.807, 2.05) is 0 Å². The predicted molar refractivity (Wildman–Crippen MR) is 48.9 cm³/mol. The van der Waals surface area contributed by atoms with Gasteiger partial charge in [-0.1, -0.05) is 0 Å². The molecule has 0 radical (unpaired) electrons. The van der Waals surface area contributed by atoms with Gasteiger partial charge in [0.15, 0.2) is 9.84 Å². The van der Waals surface area contributed by atoms with E-state index in [4.69, 9.17) is 5.73 Å². The van der Waals surface area contributed by atoms with Crippen LogP contribution in [-0.4, -0.2) is 49.9 Å². The summed E-state index contributed by atoms with van der Waals surface area (Å²) in [5, 5.41) is -0.579. The topological polar surface area (TPSA) is 80.5 Å². The van der Waals surface area contributed by atoms with Crippen LogP contribution < -0.4 is 5.73 Å². The Bertz CT molecular complexity index is 299. The van der Waals surface area contributed by atoms with Crippen LogP contribution in [0.3, 0.4) is 0 Å². The van der Waals surface area contributed by atoms with E-state index in [0.717, 1.165) is 0 Å². The number of nitrogens with two attached hydrogens (primary N) is 1. The largest absolute Gasteiger partial charge is 0.341 e. The van der Waals surface area contributed by atoms with Crippen molar-refractivity contribution in [2.24, 2.45) is 5.73 Å². The van der Waals surface area contributed by atoms with Crippen LogP contribution in [0.25, 0.3) is 0 Å². The van der Waals surface area contributed by atoms with Gasteiger partial charge in [-0.2, -0.15) is 0 Å². The maximum Gasteiger partial charge on any atom is 0.219 e. The Morgan fingerprint density at radius 1 is 1.62 bits per heavy atom. The van der Waals surface area contributed by atoms with E-state index in [9.17, 15) is 13.2 Å². The molecule has 0 aromatic rings. The zero-order chi connectivity index (χ0) is 10.1. The lowest BCUT2D eigenvalue weighted by Gasteiger charge is -2.31. The molecular weight excluding hydrogens is 192 g/mol. The van der Waals surface area contributed by atoms with E-state index >= 15 is 0 Å². The van der Waals surface area contributed by atoms with Gasteiger partial charge in [-0.05, 0) is 0 Å². The third kappa shape index (κ3) is 2.19. The van der Waals surface area contributed by atoms with Crippen molar-refractivity contribution in [3.8, 4) is 0 Å².